The van der Waals surface area contributed by atoms with Crippen LogP contribution in [0, 0.1) is 11.7 Å². The van der Waals surface area contributed by atoms with Crippen molar-refractivity contribution in [3.8, 4) is 0 Å². The molecule has 3 aromatic rings. The summed E-state index contributed by atoms with van der Waals surface area (Å²) in [6, 6.07) is 22.1. The Balaban J connectivity index is 1.65. The van der Waals surface area contributed by atoms with E-state index in [0.717, 1.165) is 53.7 Å². The van der Waals surface area contributed by atoms with Gasteiger partial charge in [0.1, 0.15) is 5.82 Å². The number of anilines is 2. The lowest BCUT2D eigenvalue weighted by Gasteiger charge is -2.29. The molecule has 0 saturated heterocycles. The number of nitrogens with zero attached hydrogens (tertiary/aromatic N) is 2. The van der Waals surface area contributed by atoms with Crippen LogP contribution in [0.2, 0.25) is 0 Å². The van der Waals surface area contributed by atoms with Crippen molar-refractivity contribution in [1.29, 1.82) is 0 Å². The fourth-order valence-electron chi connectivity index (χ4n) is 5.34. The molecular formula is C32H38FN3O2. The van der Waals surface area contributed by atoms with Gasteiger partial charge in [-0.05, 0) is 66.3 Å². The van der Waals surface area contributed by atoms with E-state index < -0.39 is 0 Å². The van der Waals surface area contributed by atoms with Crippen molar-refractivity contribution in [3.63, 3.8) is 0 Å². The topological polar surface area (TPSA) is 52.7 Å². The van der Waals surface area contributed by atoms with E-state index in [0.29, 0.717) is 19.5 Å². The molecule has 5 nitrogen and oxygen atoms in total. The fourth-order valence-corrected chi connectivity index (χ4v) is 5.34. The van der Waals surface area contributed by atoms with E-state index in [1.807, 2.05) is 79.3 Å². The Labute approximate surface area is 225 Å². The minimum absolute atomic E-state index is 0.0214. The van der Waals surface area contributed by atoms with Crippen LogP contribution in [0.5, 0.6) is 0 Å². The number of rotatable bonds is 10. The Morgan fingerprint density at radius 1 is 0.947 bits per heavy atom. The van der Waals surface area contributed by atoms with Crippen LogP contribution in [0.25, 0.3) is 0 Å². The summed E-state index contributed by atoms with van der Waals surface area (Å²) in [5, 5.41) is 3.11. The molecule has 3 aromatic carbocycles. The summed E-state index contributed by atoms with van der Waals surface area (Å²) in [6.07, 6.45) is 4.74. The highest BCUT2D eigenvalue weighted by Crippen LogP contribution is 2.30. The van der Waals surface area contributed by atoms with Crippen molar-refractivity contribution in [2.45, 2.75) is 58.0 Å². The molecule has 4 rings (SSSR count). The molecule has 6 heteroatoms. The fraction of sp³-hybridized carbons (Fsp3) is 0.375. The van der Waals surface area contributed by atoms with Crippen molar-refractivity contribution >= 4 is 23.2 Å². The van der Waals surface area contributed by atoms with Crippen LogP contribution in [0.1, 0.15) is 61.6 Å². The lowest BCUT2D eigenvalue weighted by atomic mass is 9.94. The van der Waals surface area contributed by atoms with Crippen LogP contribution in [0.3, 0.4) is 0 Å². The summed E-state index contributed by atoms with van der Waals surface area (Å²) in [5.41, 5.74) is 4.51. The molecule has 0 aromatic heterocycles. The first kappa shape index (κ1) is 27.4. The molecule has 0 heterocycles. The maximum atomic E-state index is 14.0. The molecule has 1 aliphatic carbocycles. The molecule has 2 amide bonds. The third-order valence-electron chi connectivity index (χ3n) is 7.42. The van der Waals surface area contributed by atoms with Gasteiger partial charge in [0.25, 0.3) is 0 Å². The van der Waals surface area contributed by atoms with Gasteiger partial charge in [0, 0.05) is 44.5 Å². The second-order valence-corrected chi connectivity index (χ2v) is 10.4. The number of nitrogens with one attached hydrogen (secondary N) is 1. The SMILES string of the molecule is CC[C@H](C(=O)N(Cc1ccc(F)cc1)Cc1cc(NC(=O)C2CCCC2)ccc1N(C)C)c1ccccc1. The first-order chi connectivity index (χ1) is 18.4. The summed E-state index contributed by atoms with van der Waals surface area (Å²) in [4.78, 5) is 30.7. The van der Waals surface area contributed by atoms with Crippen LogP contribution in [0.15, 0.2) is 72.8 Å². The van der Waals surface area contributed by atoms with Gasteiger partial charge in [-0.2, -0.15) is 0 Å². The highest BCUT2D eigenvalue weighted by Gasteiger charge is 2.27. The zero-order valence-corrected chi connectivity index (χ0v) is 22.6. The molecule has 0 bridgehead atoms. The molecular weight excluding hydrogens is 477 g/mol. The van der Waals surface area contributed by atoms with Crippen molar-refractivity contribution in [2.24, 2.45) is 5.92 Å². The first-order valence-corrected chi connectivity index (χ1v) is 13.5. The number of hydrogen-bond acceptors (Lipinski definition) is 3. The number of halogens is 1. The first-order valence-electron chi connectivity index (χ1n) is 13.5. The molecule has 0 spiro atoms. The predicted molar refractivity (Wildman–Crippen MR) is 151 cm³/mol. The summed E-state index contributed by atoms with van der Waals surface area (Å²) < 4.78 is 13.6. The van der Waals surface area contributed by atoms with Gasteiger partial charge >= 0.3 is 0 Å². The molecule has 38 heavy (non-hydrogen) atoms. The van der Waals surface area contributed by atoms with Gasteiger partial charge in [-0.3, -0.25) is 9.59 Å². The number of amides is 2. The van der Waals surface area contributed by atoms with Crippen LogP contribution < -0.4 is 10.2 Å². The number of carbonyl (C=O) groups is 2. The minimum Gasteiger partial charge on any atom is -0.377 e. The average Bonchev–Trinajstić information content (AvgIpc) is 3.46. The quantitative estimate of drug-likeness (QED) is 0.325. The van der Waals surface area contributed by atoms with E-state index in [1.165, 1.54) is 12.1 Å². The van der Waals surface area contributed by atoms with Crippen LogP contribution >= 0.6 is 0 Å². The Kier molecular flexibility index (Phi) is 9.16. The smallest absolute Gasteiger partial charge is 0.230 e. The molecule has 1 atom stereocenters. The van der Waals surface area contributed by atoms with Crippen molar-refractivity contribution in [1.82, 2.24) is 4.90 Å². The summed E-state index contributed by atoms with van der Waals surface area (Å²) in [7, 11) is 3.95. The number of hydrogen-bond donors (Lipinski definition) is 1. The molecule has 0 radical (unpaired) electrons. The molecule has 0 unspecified atom stereocenters. The van der Waals surface area contributed by atoms with E-state index in [4.69, 9.17) is 0 Å². The molecule has 1 aliphatic rings. The summed E-state index contributed by atoms with van der Waals surface area (Å²) in [5.74, 6) is -0.430. The monoisotopic (exact) mass is 515 g/mol. The number of carbonyl (C=O) groups excluding carboxylic acids is 2. The Bertz CT molecular complexity index is 1220. The normalized spacial score (nSPS) is 14.2. The molecule has 1 saturated carbocycles. The zero-order valence-electron chi connectivity index (χ0n) is 22.6. The maximum Gasteiger partial charge on any atom is 0.230 e. The predicted octanol–water partition coefficient (Wildman–Crippen LogP) is 6.74. The Morgan fingerprint density at radius 2 is 1.63 bits per heavy atom. The van der Waals surface area contributed by atoms with Gasteiger partial charge in [0.05, 0.1) is 5.92 Å². The molecule has 1 N–H and O–H groups in total. The van der Waals surface area contributed by atoms with E-state index in [9.17, 15) is 14.0 Å². The Hall–Kier alpha value is -3.67. The van der Waals surface area contributed by atoms with Gasteiger partial charge in [-0.15, -0.1) is 0 Å². The molecule has 200 valence electrons. The highest BCUT2D eigenvalue weighted by molar-refractivity contribution is 5.93. The van der Waals surface area contributed by atoms with Crippen molar-refractivity contribution < 1.29 is 14.0 Å². The second kappa shape index (κ2) is 12.7. The van der Waals surface area contributed by atoms with E-state index in [2.05, 4.69) is 5.32 Å². The van der Waals surface area contributed by atoms with Crippen LogP contribution in [0.4, 0.5) is 15.8 Å². The van der Waals surface area contributed by atoms with Gasteiger partial charge in [0.2, 0.25) is 11.8 Å². The highest BCUT2D eigenvalue weighted by atomic mass is 19.1. The molecule has 1 fully saturated rings. The van der Waals surface area contributed by atoms with Gasteiger partial charge < -0.3 is 15.1 Å². The largest absolute Gasteiger partial charge is 0.377 e. The third kappa shape index (κ3) is 6.80. The van der Waals surface area contributed by atoms with Gasteiger partial charge in [-0.1, -0.05) is 62.2 Å². The van der Waals surface area contributed by atoms with Crippen LogP contribution in [-0.2, 0) is 22.7 Å². The van der Waals surface area contributed by atoms with E-state index in [1.54, 1.807) is 12.1 Å². The Morgan fingerprint density at radius 3 is 2.26 bits per heavy atom. The van der Waals surface area contributed by atoms with E-state index >= 15 is 0 Å². The second-order valence-electron chi connectivity index (χ2n) is 10.4. The average molecular weight is 516 g/mol. The minimum atomic E-state index is -0.303. The lowest BCUT2D eigenvalue weighted by molar-refractivity contribution is -0.134. The lowest BCUT2D eigenvalue weighted by Crippen LogP contribution is -2.34. The van der Waals surface area contributed by atoms with Crippen molar-refractivity contribution in [2.75, 3.05) is 24.3 Å². The van der Waals surface area contributed by atoms with Gasteiger partial charge in [-0.25, -0.2) is 4.39 Å². The summed E-state index contributed by atoms with van der Waals surface area (Å²) in [6.45, 7) is 2.74. The summed E-state index contributed by atoms with van der Waals surface area (Å²) >= 11 is 0. The zero-order chi connectivity index (χ0) is 27.1. The van der Waals surface area contributed by atoms with Crippen molar-refractivity contribution in [3.05, 3.63) is 95.3 Å². The van der Waals surface area contributed by atoms with Crippen LogP contribution in [-0.4, -0.2) is 30.8 Å². The van der Waals surface area contributed by atoms with Gasteiger partial charge in [0.15, 0.2) is 0 Å². The number of benzene rings is 3. The molecule has 0 aliphatic heterocycles. The van der Waals surface area contributed by atoms with E-state index in [-0.39, 0.29) is 29.5 Å². The third-order valence-corrected chi connectivity index (χ3v) is 7.42. The maximum absolute atomic E-state index is 14.0. The standard InChI is InChI=1S/C32H38FN3O2/c1-4-29(24-10-6-5-7-11-24)32(38)36(21-23-14-16-27(33)17-15-23)22-26-20-28(18-19-30(26)35(2)3)34-31(37)25-12-8-9-13-25/h5-7,10-11,14-20,25,29H,4,8-9,12-13,21-22H2,1-3H3,(H,34,37)/t29-/m0/s1.